The molecule has 6 rings (SSSR count). The summed E-state index contributed by atoms with van der Waals surface area (Å²) < 4.78 is 10.5. The first kappa shape index (κ1) is 44.7. The van der Waals surface area contributed by atoms with E-state index in [9.17, 15) is 0 Å². The third kappa shape index (κ3) is 20.8. The van der Waals surface area contributed by atoms with Crippen LogP contribution in [0.25, 0.3) is 0 Å². The molecule has 0 amide bonds. The van der Waals surface area contributed by atoms with Gasteiger partial charge >= 0.3 is 0 Å². The van der Waals surface area contributed by atoms with E-state index in [-0.39, 0.29) is 0 Å². The number of hydrogen-bond acceptors (Lipinski definition) is 8. The molecule has 0 aromatic rings. The molecule has 47 heavy (non-hydrogen) atoms. The normalized spacial score (nSPS) is 33.2. The number of piperidine rings is 1. The molecule has 6 atom stereocenters. The Kier molecular flexibility index (Phi) is 25.2. The fraction of sp³-hybridized carbons (Fsp3) is 1.00. The molecule has 6 aliphatic rings. The summed E-state index contributed by atoms with van der Waals surface area (Å²) in [6, 6.07) is 4.59. The summed E-state index contributed by atoms with van der Waals surface area (Å²) in [4.78, 5) is 14.3. The van der Waals surface area contributed by atoms with Gasteiger partial charge in [0.2, 0.25) is 0 Å². The van der Waals surface area contributed by atoms with Crippen molar-refractivity contribution in [3.8, 4) is 0 Å². The van der Waals surface area contributed by atoms with Gasteiger partial charge in [0, 0.05) is 55.9 Å². The lowest BCUT2D eigenvalue weighted by Gasteiger charge is -2.34. The van der Waals surface area contributed by atoms with Crippen LogP contribution in [0.2, 0.25) is 0 Å². The standard InChI is InChI=1S/C8H17N.C7H15NO.C7H15N.C6H13NO.C6H13N.C5H11N/c1-8-6-4-3-5-7-9(8)2;1-7-6-9-5-3-4-8(7)2;1-7-5-3-4-6-8(7)2;1-6-5-8-4-3-7(6)2;1-6-4-3-5-7(6)2;1-5-3-4-6(5)2/h8H,3-7H2,1-2H3;7H,3-6H2,1-2H3;7H,3-6H2,1-2H3;6H,3-5H2,1-2H3;6H,3-5H2,1-2H3;5H,3-4H2,1-2H3/t8-;2*7-;2*6-;/m11111./s1. The molecule has 6 heterocycles. The van der Waals surface area contributed by atoms with Crippen LogP contribution < -0.4 is 0 Å². The Balaban J connectivity index is 0.000000283. The number of hydrogen-bond donors (Lipinski definition) is 0. The van der Waals surface area contributed by atoms with Gasteiger partial charge in [-0.05, 0) is 161 Å². The van der Waals surface area contributed by atoms with E-state index in [1.807, 2.05) is 0 Å². The van der Waals surface area contributed by atoms with Gasteiger partial charge in [0.05, 0.1) is 19.8 Å². The van der Waals surface area contributed by atoms with Crippen LogP contribution in [0.4, 0.5) is 0 Å². The number of likely N-dealkylation sites (N-methyl/N-ethyl adjacent to an activating group) is 2. The third-order valence-electron chi connectivity index (χ3n) is 11.7. The molecule has 0 bridgehead atoms. The fourth-order valence-electron chi connectivity index (χ4n) is 6.21. The van der Waals surface area contributed by atoms with E-state index in [2.05, 4.69) is 113 Å². The lowest BCUT2D eigenvalue weighted by Crippen LogP contribution is -2.41. The van der Waals surface area contributed by atoms with Gasteiger partial charge in [-0.1, -0.05) is 19.3 Å². The van der Waals surface area contributed by atoms with Crippen molar-refractivity contribution in [1.29, 1.82) is 0 Å². The average Bonchev–Trinajstić information content (AvgIpc) is 3.20. The van der Waals surface area contributed by atoms with Gasteiger partial charge in [-0.25, -0.2) is 0 Å². The Morgan fingerprint density at radius 3 is 1.09 bits per heavy atom. The van der Waals surface area contributed by atoms with E-state index in [1.165, 1.54) is 103 Å². The highest BCUT2D eigenvalue weighted by molar-refractivity contribution is 4.74. The van der Waals surface area contributed by atoms with Crippen LogP contribution in [0.1, 0.15) is 112 Å². The van der Waals surface area contributed by atoms with Gasteiger partial charge in [-0.2, -0.15) is 0 Å². The van der Waals surface area contributed by atoms with Crippen LogP contribution in [-0.4, -0.2) is 174 Å². The summed E-state index contributed by atoms with van der Waals surface area (Å²) >= 11 is 0. The van der Waals surface area contributed by atoms with E-state index >= 15 is 0 Å². The maximum absolute atomic E-state index is 5.34. The molecule has 0 N–H and O–H groups in total. The molecule has 6 fully saturated rings. The Bertz CT molecular complexity index is 634. The second-order valence-electron chi connectivity index (χ2n) is 15.8. The predicted octanol–water partition coefficient (Wildman–Crippen LogP) is 6.25. The van der Waals surface area contributed by atoms with Crippen molar-refractivity contribution in [3.05, 3.63) is 0 Å². The number of nitrogens with zero attached hydrogens (tertiary/aromatic N) is 6. The van der Waals surface area contributed by atoms with E-state index < -0.39 is 0 Å². The molecule has 0 aromatic carbocycles. The molecule has 1 unspecified atom stereocenters. The zero-order chi connectivity index (χ0) is 35.2. The number of morpholine rings is 1. The van der Waals surface area contributed by atoms with Crippen molar-refractivity contribution in [2.24, 2.45) is 0 Å². The van der Waals surface area contributed by atoms with Crippen LogP contribution >= 0.6 is 0 Å². The summed E-state index contributed by atoms with van der Waals surface area (Å²) in [5.41, 5.74) is 0. The molecule has 282 valence electrons. The second-order valence-corrected chi connectivity index (χ2v) is 15.8. The number of rotatable bonds is 0. The number of likely N-dealkylation sites (tertiary alicyclic amines) is 4. The Morgan fingerprint density at radius 1 is 0.319 bits per heavy atom. The minimum absolute atomic E-state index is 0.604. The Labute approximate surface area is 294 Å². The minimum Gasteiger partial charge on any atom is -0.380 e. The molecule has 0 spiro atoms. The predicted molar refractivity (Wildman–Crippen MR) is 205 cm³/mol. The molecule has 6 saturated heterocycles. The lowest BCUT2D eigenvalue weighted by atomic mass is 10.1. The smallest absolute Gasteiger partial charge is 0.0619 e. The van der Waals surface area contributed by atoms with E-state index in [4.69, 9.17) is 9.47 Å². The van der Waals surface area contributed by atoms with Crippen molar-refractivity contribution in [1.82, 2.24) is 29.4 Å². The van der Waals surface area contributed by atoms with Crippen LogP contribution in [0, 0.1) is 0 Å². The molecule has 0 saturated carbocycles. The van der Waals surface area contributed by atoms with Gasteiger partial charge in [0.25, 0.3) is 0 Å². The zero-order valence-electron chi connectivity index (χ0n) is 33.8. The first-order chi connectivity index (χ1) is 22.3. The average molecular weight is 669 g/mol. The van der Waals surface area contributed by atoms with Crippen LogP contribution in [0.3, 0.4) is 0 Å². The maximum atomic E-state index is 5.34. The highest BCUT2D eigenvalue weighted by Crippen LogP contribution is 2.15. The number of ether oxygens (including phenoxy) is 2. The van der Waals surface area contributed by atoms with Gasteiger partial charge in [0.15, 0.2) is 0 Å². The van der Waals surface area contributed by atoms with Crippen LogP contribution in [0.5, 0.6) is 0 Å². The zero-order valence-corrected chi connectivity index (χ0v) is 33.8. The topological polar surface area (TPSA) is 37.9 Å². The largest absolute Gasteiger partial charge is 0.380 e. The third-order valence-corrected chi connectivity index (χ3v) is 11.7. The molecule has 0 aliphatic carbocycles. The molecule has 0 radical (unpaired) electrons. The van der Waals surface area contributed by atoms with Crippen LogP contribution in [-0.2, 0) is 9.47 Å². The van der Waals surface area contributed by atoms with Crippen molar-refractivity contribution in [2.45, 2.75) is 148 Å². The van der Waals surface area contributed by atoms with E-state index in [0.717, 1.165) is 57.1 Å². The van der Waals surface area contributed by atoms with Crippen molar-refractivity contribution in [2.75, 3.05) is 108 Å². The SMILES string of the molecule is CC1CCN1C.C[C@@H]1CCCCCN1C.C[C@@H]1CCCCN1C.C[C@@H]1CCCN1C.C[C@@H]1COCCCN1C.C[C@@H]1COCCN1C. The van der Waals surface area contributed by atoms with Gasteiger partial charge in [-0.15, -0.1) is 0 Å². The molecular weight excluding hydrogens is 584 g/mol. The van der Waals surface area contributed by atoms with Gasteiger partial charge < -0.3 is 34.0 Å². The second kappa shape index (κ2) is 26.5. The van der Waals surface area contributed by atoms with Crippen LogP contribution in [0.15, 0.2) is 0 Å². The molecule has 0 aromatic heterocycles. The van der Waals surface area contributed by atoms with E-state index in [1.54, 1.807) is 0 Å². The Hall–Kier alpha value is -0.320. The summed E-state index contributed by atoms with van der Waals surface area (Å²) in [6.45, 7) is 24.7. The monoisotopic (exact) mass is 669 g/mol. The van der Waals surface area contributed by atoms with E-state index in [0.29, 0.717) is 12.1 Å². The fourth-order valence-corrected chi connectivity index (χ4v) is 6.21. The summed E-state index contributed by atoms with van der Waals surface area (Å²) in [6.07, 6.45) is 15.3. The molecule has 8 nitrogen and oxygen atoms in total. The minimum atomic E-state index is 0.604. The quantitative estimate of drug-likeness (QED) is 0.300. The first-order valence-electron chi connectivity index (χ1n) is 19.7. The molecule has 6 aliphatic heterocycles. The first-order valence-corrected chi connectivity index (χ1v) is 19.7. The van der Waals surface area contributed by atoms with Gasteiger partial charge in [0.1, 0.15) is 0 Å². The Morgan fingerprint density at radius 2 is 0.681 bits per heavy atom. The lowest BCUT2D eigenvalue weighted by molar-refractivity contribution is 0.0131. The highest BCUT2D eigenvalue weighted by Gasteiger charge is 2.18. The highest BCUT2D eigenvalue weighted by atomic mass is 16.5. The molecule has 8 heteroatoms. The summed E-state index contributed by atoms with van der Waals surface area (Å²) in [7, 11) is 13.1. The summed E-state index contributed by atoms with van der Waals surface area (Å²) in [5.74, 6) is 0. The maximum Gasteiger partial charge on any atom is 0.0619 e. The summed E-state index contributed by atoms with van der Waals surface area (Å²) in [5, 5.41) is 0. The molecular formula is C39H84N6O2. The van der Waals surface area contributed by atoms with Crippen molar-refractivity contribution in [3.63, 3.8) is 0 Å². The van der Waals surface area contributed by atoms with Crippen molar-refractivity contribution < 1.29 is 9.47 Å². The van der Waals surface area contributed by atoms with Crippen molar-refractivity contribution >= 4 is 0 Å². The van der Waals surface area contributed by atoms with Gasteiger partial charge in [-0.3, -0.25) is 4.90 Å².